The number of benzene rings is 1. The topological polar surface area (TPSA) is 63.2 Å². The van der Waals surface area contributed by atoms with Gasteiger partial charge in [0.15, 0.2) is 12.4 Å². The molecule has 0 radical (unpaired) electrons. The molecule has 0 unspecified atom stereocenters. The number of carbonyl (C=O) groups is 1. The highest BCUT2D eigenvalue weighted by molar-refractivity contribution is 5.60. The van der Waals surface area contributed by atoms with Crippen molar-refractivity contribution in [3.63, 3.8) is 0 Å². The highest BCUT2D eigenvalue weighted by Gasteiger charge is 2.31. The minimum absolute atomic E-state index is 0.257. The largest absolute Gasteiger partial charge is 0.508 e. The summed E-state index contributed by atoms with van der Waals surface area (Å²) in [6.45, 7) is 5.12. The van der Waals surface area contributed by atoms with Crippen molar-refractivity contribution in [2.75, 3.05) is 19.8 Å². The van der Waals surface area contributed by atoms with E-state index in [2.05, 4.69) is 0 Å². The number of ether oxygens (including phenoxy) is 5. The molecule has 0 saturated heterocycles. The first kappa shape index (κ1) is 18.4. The summed E-state index contributed by atoms with van der Waals surface area (Å²) in [4.78, 5) is 11.6. The fourth-order valence-electron chi connectivity index (χ4n) is 2.26. The molecule has 6 nitrogen and oxygen atoms in total. The van der Waals surface area contributed by atoms with E-state index in [4.69, 9.17) is 23.7 Å². The van der Waals surface area contributed by atoms with E-state index in [1.54, 1.807) is 19.1 Å². The zero-order valence-electron chi connectivity index (χ0n) is 14.1. The van der Waals surface area contributed by atoms with E-state index in [0.29, 0.717) is 13.2 Å². The van der Waals surface area contributed by atoms with Gasteiger partial charge in [0.05, 0.1) is 19.8 Å². The average Bonchev–Trinajstić information content (AvgIpc) is 2.58. The number of hydrogen-bond donors (Lipinski definition) is 0. The molecule has 1 heterocycles. The Kier molecular flexibility index (Phi) is 7.74. The Morgan fingerprint density at radius 1 is 1.12 bits per heavy atom. The molecule has 24 heavy (non-hydrogen) atoms. The average molecular weight is 336 g/mol. The van der Waals surface area contributed by atoms with Gasteiger partial charge < -0.3 is 23.7 Å². The van der Waals surface area contributed by atoms with Gasteiger partial charge in [-0.25, -0.2) is 4.79 Å². The second kappa shape index (κ2) is 10.1. The lowest BCUT2D eigenvalue weighted by atomic mass is 10.1. The SMILES string of the molecule is CCOC(=O)O[C@H]1C=C[C@@H](OCC)O[C@@H]1COCc1ccccc1. The summed E-state index contributed by atoms with van der Waals surface area (Å²) in [6, 6.07) is 9.83. The van der Waals surface area contributed by atoms with Crippen LogP contribution in [-0.2, 0) is 30.3 Å². The molecule has 1 aromatic rings. The van der Waals surface area contributed by atoms with Crippen LogP contribution < -0.4 is 0 Å². The molecule has 0 fully saturated rings. The van der Waals surface area contributed by atoms with Gasteiger partial charge in [0.25, 0.3) is 0 Å². The predicted molar refractivity (Wildman–Crippen MR) is 87.4 cm³/mol. The van der Waals surface area contributed by atoms with Crippen LogP contribution in [0.15, 0.2) is 42.5 Å². The summed E-state index contributed by atoms with van der Waals surface area (Å²) in [5.41, 5.74) is 1.06. The Balaban J connectivity index is 1.90. The van der Waals surface area contributed by atoms with E-state index >= 15 is 0 Å². The van der Waals surface area contributed by atoms with E-state index in [1.165, 1.54) is 0 Å². The fourth-order valence-corrected chi connectivity index (χ4v) is 2.26. The van der Waals surface area contributed by atoms with Crippen LogP contribution in [0.1, 0.15) is 19.4 Å². The zero-order valence-corrected chi connectivity index (χ0v) is 14.1. The van der Waals surface area contributed by atoms with Crippen LogP contribution in [0.4, 0.5) is 4.79 Å². The normalized spacial score (nSPS) is 23.0. The summed E-state index contributed by atoms with van der Waals surface area (Å²) >= 11 is 0. The van der Waals surface area contributed by atoms with Gasteiger partial charge in [-0.3, -0.25) is 0 Å². The first-order valence-electron chi connectivity index (χ1n) is 8.13. The van der Waals surface area contributed by atoms with Gasteiger partial charge in [0, 0.05) is 6.61 Å². The van der Waals surface area contributed by atoms with Crippen LogP contribution in [0.25, 0.3) is 0 Å². The Bertz CT molecular complexity index is 516. The fraction of sp³-hybridized carbons (Fsp3) is 0.500. The van der Waals surface area contributed by atoms with Crippen molar-refractivity contribution in [3.05, 3.63) is 48.0 Å². The maximum atomic E-state index is 11.6. The molecule has 0 saturated carbocycles. The van der Waals surface area contributed by atoms with Crippen LogP contribution in [0.3, 0.4) is 0 Å². The zero-order chi connectivity index (χ0) is 17.2. The summed E-state index contributed by atoms with van der Waals surface area (Å²) in [5, 5.41) is 0. The van der Waals surface area contributed by atoms with Crippen LogP contribution in [0, 0.1) is 0 Å². The molecule has 2 rings (SSSR count). The quantitative estimate of drug-likeness (QED) is 0.537. The molecule has 1 aromatic carbocycles. The Morgan fingerprint density at radius 2 is 1.92 bits per heavy atom. The minimum atomic E-state index is -0.723. The monoisotopic (exact) mass is 336 g/mol. The standard InChI is InChI=1S/C18H24O6/c1-3-21-17-11-10-15(24-18(19)22-4-2)16(23-17)13-20-12-14-8-6-5-7-9-14/h5-11,15-17H,3-4,12-13H2,1-2H3/t15-,16+,17-/m0/s1. The summed E-state index contributed by atoms with van der Waals surface area (Å²) in [7, 11) is 0. The summed E-state index contributed by atoms with van der Waals surface area (Å²) in [6.07, 6.45) is 1.25. The molecular formula is C18H24O6. The van der Waals surface area contributed by atoms with Crippen LogP contribution in [0.2, 0.25) is 0 Å². The van der Waals surface area contributed by atoms with Crippen molar-refractivity contribution < 1.29 is 28.5 Å². The van der Waals surface area contributed by atoms with Crippen molar-refractivity contribution in [2.24, 2.45) is 0 Å². The molecular weight excluding hydrogens is 312 g/mol. The first-order valence-corrected chi connectivity index (χ1v) is 8.13. The third-order valence-electron chi connectivity index (χ3n) is 3.35. The summed E-state index contributed by atoms with van der Waals surface area (Å²) in [5.74, 6) is 0. The maximum absolute atomic E-state index is 11.6. The number of rotatable bonds is 8. The van der Waals surface area contributed by atoms with Gasteiger partial charge in [-0.15, -0.1) is 0 Å². The van der Waals surface area contributed by atoms with Gasteiger partial charge >= 0.3 is 6.16 Å². The second-order valence-electron chi connectivity index (χ2n) is 5.15. The lowest BCUT2D eigenvalue weighted by Gasteiger charge is -2.31. The molecule has 1 aliphatic rings. The smallest absolute Gasteiger partial charge is 0.435 e. The molecule has 3 atom stereocenters. The molecule has 0 aromatic heterocycles. The molecule has 0 N–H and O–H groups in total. The second-order valence-corrected chi connectivity index (χ2v) is 5.15. The lowest BCUT2D eigenvalue weighted by Crippen LogP contribution is -2.42. The Labute approximate surface area is 142 Å². The van der Waals surface area contributed by atoms with E-state index in [0.717, 1.165) is 5.56 Å². The van der Waals surface area contributed by atoms with E-state index in [9.17, 15) is 4.79 Å². The van der Waals surface area contributed by atoms with Crippen molar-refractivity contribution >= 4 is 6.16 Å². The van der Waals surface area contributed by atoms with Gasteiger partial charge in [0.1, 0.15) is 6.10 Å². The van der Waals surface area contributed by atoms with Gasteiger partial charge in [-0.1, -0.05) is 30.3 Å². The molecule has 132 valence electrons. The van der Waals surface area contributed by atoms with Crippen LogP contribution >= 0.6 is 0 Å². The van der Waals surface area contributed by atoms with Gasteiger partial charge in [-0.05, 0) is 31.6 Å². The highest BCUT2D eigenvalue weighted by atomic mass is 16.7. The van der Waals surface area contributed by atoms with Gasteiger partial charge in [0.2, 0.25) is 0 Å². The van der Waals surface area contributed by atoms with Gasteiger partial charge in [-0.2, -0.15) is 0 Å². The van der Waals surface area contributed by atoms with E-state index < -0.39 is 24.7 Å². The van der Waals surface area contributed by atoms with E-state index in [1.807, 2.05) is 37.3 Å². The molecule has 1 aliphatic heterocycles. The third kappa shape index (κ3) is 5.96. The number of carbonyl (C=O) groups excluding carboxylic acids is 1. The van der Waals surface area contributed by atoms with Crippen molar-refractivity contribution in [1.82, 2.24) is 0 Å². The van der Waals surface area contributed by atoms with Crippen molar-refractivity contribution in [2.45, 2.75) is 39.0 Å². The predicted octanol–water partition coefficient (Wildman–Crippen LogP) is 3.06. The van der Waals surface area contributed by atoms with E-state index in [-0.39, 0.29) is 13.2 Å². The van der Waals surface area contributed by atoms with Crippen molar-refractivity contribution in [3.8, 4) is 0 Å². The molecule has 0 amide bonds. The molecule has 0 spiro atoms. The Hall–Kier alpha value is -1.89. The third-order valence-corrected chi connectivity index (χ3v) is 3.35. The highest BCUT2D eigenvalue weighted by Crippen LogP contribution is 2.18. The number of hydrogen-bond acceptors (Lipinski definition) is 6. The molecule has 0 bridgehead atoms. The maximum Gasteiger partial charge on any atom is 0.508 e. The van der Waals surface area contributed by atoms with Crippen LogP contribution in [-0.4, -0.2) is 44.5 Å². The first-order chi connectivity index (χ1) is 11.7. The lowest BCUT2D eigenvalue weighted by molar-refractivity contribution is -0.186. The molecule has 0 aliphatic carbocycles. The van der Waals surface area contributed by atoms with Crippen molar-refractivity contribution in [1.29, 1.82) is 0 Å². The summed E-state index contributed by atoms with van der Waals surface area (Å²) < 4.78 is 27.0. The van der Waals surface area contributed by atoms with Crippen LogP contribution in [0.5, 0.6) is 0 Å². The Morgan fingerprint density at radius 3 is 2.62 bits per heavy atom. The minimum Gasteiger partial charge on any atom is -0.435 e. The molecule has 6 heteroatoms.